The Morgan fingerprint density at radius 2 is 1.08 bits per heavy atom. The summed E-state index contributed by atoms with van der Waals surface area (Å²) in [5.41, 5.74) is 10.3. The van der Waals surface area contributed by atoms with E-state index in [-0.39, 0.29) is 0 Å². The van der Waals surface area contributed by atoms with Gasteiger partial charge in [0, 0.05) is 0 Å². The predicted molar refractivity (Wildman–Crippen MR) is 103 cm³/mol. The first-order valence-electron chi connectivity index (χ1n) is 10.3. The summed E-state index contributed by atoms with van der Waals surface area (Å²) in [4.78, 5) is 11.6. The minimum atomic E-state index is -1.31. The van der Waals surface area contributed by atoms with Crippen LogP contribution in [0.15, 0.2) is 0 Å². The average Bonchev–Trinajstić information content (AvgIpc) is 2.55. The van der Waals surface area contributed by atoms with Gasteiger partial charge in [-0.3, -0.25) is 0 Å². The first-order chi connectivity index (χ1) is 11.5. The fourth-order valence-corrected chi connectivity index (χ4v) is 2.98. The van der Waals surface area contributed by atoms with Crippen molar-refractivity contribution >= 4 is 5.97 Å². The highest BCUT2D eigenvalue weighted by atomic mass is 16.5. The highest BCUT2D eigenvalue weighted by Crippen LogP contribution is 2.14. The van der Waals surface area contributed by atoms with E-state index in [9.17, 15) is 4.79 Å². The molecule has 0 aliphatic carbocycles. The number of carbonyl (C=O) groups is 1. The molecule has 0 radical (unpaired) electrons. The van der Waals surface area contributed by atoms with E-state index in [1.54, 1.807) is 6.92 Å². The van der Waals surface area contributed by atoms with Crippen LogP contribution in [0.25, 0.3) is 0 Å². The van der Waals surface area contributed by atoms with E-state index >= 15 is 0 Å². The molecule has 0 amide bonds. The number of hydrogen-bond acceptors (Lipinski definition) is 4. The van der Waals surface area contributed by atoms with Gasteiger partial charge in [-0.2, -0.15) is 0 Å². The minimum absolute atomic E-state index is 0.327. The van der Waals surface area contributed by atoms with E-state index in [1.165, 1.54) is 77.0 Å². The summed E-state index contributed by atoms with van der Waals surface area (Å²) in [7, 11) is 0. The van der Waals surface area contributed by atoms with Gasteiger partial charge in [0.05, 0.1) is 6.61 Å². The third-order valence-corrected chi connectivity index (χ3v) is 4.60. The van der Waals surface area contributed by atoms with Crippen molar-refractivity contribution in [3.63, 3.8) is 0 Å². The Balaban J connectivity index is 3.29. The second-order valence-corrected chi connectivity index (χ2v) is 7.11. The van der Waals surface area contributed by atoms with Crippen LogP contribution in [0.3, 0.4) is 0 Å². The second-order valence-electron chi connectivity index (χ2n) is 7.11. The zero-order valence-electron chi connectivity index (χ0n) is 16.3. The van der Waals surface area contributed by atoms with E-state index in [0.717, 1.165) is 12.8 Å². The van der Waals surface area contributed by atoms with Crippen LogP contribution in [0.2, 0.25) is 0 Å². The third kappa shape index (κ3) is 13.8. The zero-order valence-corrected chi connectivity index (χ0v) is 16.3. The smallest absolute Gasteiger partial charge is 0.340 e. The van der Waals surface area contributed by atoms with Crippen molar-refractivity contribution in [2.45, 2.75) is 116 Å². The van der Waals surface area contributed by atoms with E-state index in [4.69, 9.17) is 16.2 Å². The molecule has 4 N–H and O–H groups in total. The first kappa shape index (κ1) is 23.4. The van der Waals surface area contributed by atoms with Gasteiger partial charge in [0.25, 0.3) is 0 Å². The van der Waals surface area contributed by atoms with Gasteiger partial charge in [-0.05, 0) is 19.8 Å². The molecule has 144 valence electrons. The van der Waals surface area contributed by atoms with E-state index in [0.29, 0.717) is 13.0 Å². The van der Waals surface area contributed by atoms with Gasteiger partial charge in [-0.15, -0.1) is 0 Å². The molecule has 24 heavy (non-hydrogen) atoms. The molecule has 0 saturated carbocycles. The lowest BCUT2D eigenvalue weighted by molar-refractivity contribution is -0.149. The van der Waals surface area contributed by atoms with Crippen LogP contribution in [-0.2, 0) is 9.53 Å². The standard InChI is InChI=1S/C20H42N2O2/c1-3-5-6-7-8-9-10-11-12-13-14-15-16-17-18-20(21,22)19(23)24-4-2/h3-18,21-22H2,1-2H3. The molecule has 0 aliphatic heterocycles. The van der Waals surface area contributed by atoms with Crippen LogP contribution in [0.1, 0.15) is 110 Å². The quantitative estimate of drug-likeness (QED) is 0.221. The lowest BCUT2D eigenvalue weighted by Gasteiger charge is -2.21. The molecule has 4 heteroatoms. The van der Waals surface area contributed by atoms with Gasteiger partial charge in [0.1, 0.15) is 0 Å². The Kier molecular flexibility index (Phi) is 15.5. The summed E-state index contributed by atoms with van der Waals surface area (Å²) >= 11 is 0. The first-order valence-corrected chi connectivity index (χ1v) is 10.3. The van der Waals surface area contributed by atoms with Crippen LogP contribution < -0.4 is 11.5 Å². The Morgan fingerprint density at radius 3 is 1.46 bits per heavy atom. The van der Waals surface area contributed by atoms with Gasteiger partial charge in [0.15, 0.2) is 5.66 Å². The topological polar surface area (TPSA) is 78.3 Å². The van der Waals surface area contributed by atoms with Crippen molar-refractivity contribution in [2.75, 3.05) is 6.61 Å². The number of unbranched alkanes of at least 4 members (excludes halogenated alkanes) is 13. The van der Waals surface area contributed by atoms with Gasteiger partial charge in [-0.1, -0.05) is 90.4 Å². The Labute approximate surface area is 150 Å². The maximum atomic E-state index is 11.6. The van der Waals surface area contributed by atoms with Gasteiger partial charge in [-0.25, -0.2) is 4.79 Å². The minimum Gasteiger partial charge on any atom is -0.464 e. The van der Waals surface area contributed by atoms with Crippen molar-refractivity contribution in [3.8, 4) is 0 Å². The van der Waals surface area contributed by atoms with E-state index in [2.05, 4.69) is 6.92 Å². The lowest BCUT2D eigenvalue weighted by Crippen LogP contribution is -2.57. The highest BCUT2D eigenvalue weighted by Gasteiger charge is 2.29. The van der Waals surface area contributed by atoms with Crippen LogP contribution >= 0.6 is 0 Å². The molecule has 4 nitrogen and oxygen atoms in total. The van der Waals surface area contributed by atoms with Gasteiger partial charge < -0.3 is 16.2 Å². The summed E-state index contributed by atoms with van der Waals surface area (Å²) in [6.45, 7) is 4.36. The number of hydrogen-bond donors (Lipinski definition) is 2. The van der Waals surface area contributed by atoms with Crippen molar-refractivity contribution in [3.05, 3.63) is 0 Å². The molecule has 0 saturated heterocycles. The van der Waals surface area contributed by atoms with Crippen LogP contribution in [-0.4, -0.2) is 18.2 Å². The Hall–Kier alpha value is -0.610. The maximum absolute atomic E-state index is 11.6. The molecule has 0 fully saturated rings. The van der Waals surface area contributed by atoms with Crippen molar-refractivity contribution in [1.82, 2.24) is 0 Å². The summed E-state index contributed by atoms with van der Waals surface area (Å²) in [5.74, 6) is -0.486. The van der Waals surface area contributed by atoms with Crippen LogP contribution in [0, 0.1) is 0 Å². The molecule has 0 aromatic heterocycles. The van der Waals surface area contributed by atoms with Gasteiger partial charge in [0.2, 0.25) is 0 Å². The molecular formula is C20H42N2O2. The molecule has 0 heterocycles. The van der Waals surface area contributed by atoms with Gasteiger partial charge >= 0.3 is 5.97 Å². The van der Waals surface area contributed by atoms with Crippen LogP contribution in [0.4, 0.5) is 0 Å². The normalized spacial score (nSPS) is 11.7. The number of nitrogens with two attached hydrogens (primary N) is 2. The molecule has 0 atom stereocenters. The molecule has 0 rings (SSSR count). The largest absolute Gasteiger partial charge is 0.464 e. The van der Waals surface area contributed by atoms with Crippen molar-refractivity contribution in [2.24, 2.45) is 11.5 Å². The fraction of sp³-hybridized carbons (Fsp3) is 0.950. The monoisotopic (exact) mass is 342 g/mol. The average molecular weight is 343 g/mol. The summed E-state index contributed by atoms with van der Waals surface area (Å²) in [6.07, 6.45) is 18.8. The van der Waals surface area contributed by atoms with Crippen molar-refractivity contribution in [1.29, 1.82) is 0 Å². The highest BCUT2D eigenvalue weighted by molar-refractivity contribution is 5.79. The SMILES string of the molecule is CCCCCCCCCCCCCCCCC(N)(N)C(=O)OCC. The number of ether oxygens (including phenoxy) is 1. The molecule has 0 bridgehead atoms. The molecule has 0 unspecified atom stereocenters. The zero-order chi connectivity index (χ0) is 18.1. The lowest BCUT2D eigenvalue weighted by atomic mass is 10.0. The number of rotatable bonds is 17. The van der Waals surface area contributed by atoms with E-state index < -0.39 is 11.6 Å². The summed E-state index contributed by atoms with van der Waals surface area (Å²) in [5, 5.41) is 0. The molecule has 0 aromatic rings. The number of esters is 1. The van der Waals surface area contributed by atoms with E-state index in [1.807, 2.05) is 0 Å². The summed E-state index contributed by atoms with van der Waals surface area (Å²) < 4.78 is 4.89. The fourth-order valence-electron chi connectivity index (χ4n) is 2.98. The Bertz CT molecular complexity index is 293. The summed E-state index contributed by atoms with van der Waals surface area (Å²) in [6, 6.07) is 0. The van der Waals surface area contributed by atoms with Crippen LogP contribution in [0.5, 0.6) is 0 Å². The molecule has 0 aromatic carbocycles. The Morgan fingerprint density at radius 1 is 0.708 bits per heavy atom. The molecule has 0 aliphatic rings. The second kappa shape index (κ2) is 15.9. The third-order valence-electron chi connectivity index (χ3n) is 4.60. The maximum Gasteiger partial charge on any atom is 0.340 e. The molecular weight excluding hydrogens is 300 g/mol. The number of carbonyl (C=O) groups excluding carboxylic acids is 1. The molecule has 0 spiro atoms. The van der Waals surface area contributed by atoms with Crippen molar-refractivity contribution < 1.29 is 9.53 Å². The predicted octanol–water partition coefficient (Wildman–Crippen LogP) is 5.03.